The molecule has 1 rings (SSSR count). The van der Waals surface area contributed by atoms with E-state index >= 15 is 0 Å². The monoisotopic (exact) mass is 223 g/mol. The summed E-state index contributed by atoms with van der Waals surface area (Å²) >= 11 is 0. The van der Waals surface area contributed by atoms with E-state index in [0.29, 0.717) is 12.2 Å². The first-order valence-electron chi connectivity index (χ1n) is 5.56. The van der Waals surface area contributed by atoms with Crippen LogP contribution in [0.25, 0.3) is 0 Å². The van der Waals surface area contributed by atoms with E-state index in [1.807, 2.05) is 32.9 Å². The SMILES string of the molecule is CCC(O)(CN)c1cc(C)c(C)cc1OC. The zero-order valence-corrected chi connectivity index (χ0v) is 10.5. The average molecular weight is 223 g/mol. The summed E-state index contributed by atoms with van der Waals surface area (Å²) in [4.78, 5) is 0. The van der Waals surface area contributed by atoms with Crippen molar-refractivity contribution in [3.63, 3.8) is 0 Å². The van der Waals surface area contributed by atoms with Crippen LogP contribution in [0.4, 0.5) is 0 Å². The van der Waals surface area contributed by atoms with Crippen LogP contribution in [0, 0.1) is 13.8 Å². The number of aliphatic hydroxyl groups is 1. The normalized spacial score (nSPS) is 14.6. The number of benzene rings is 1. The predicted molar refractivity (Wildman–Crippen MR) is 65.7 cm³/mol. The summed E-state index contributed by atoms with van der Waals surface area (Å²) in [5.41, 5.74) is 7.72. The molecule has 0 radical (unpaired) electrons. The molecule has 0 aliphatic carbocycles. The Bertz CT molecular complexity index is 370. The maximum absolute atomic E-state index is 10.4. The highest BCUT2D eigenvalue weighted by Gasteiger charge is 2.29. The van der Waals surface area contributed by atoms with Gasteiger partial charge in [-0.1, -0.05) is 6.92 Å². The summed E-state index contributed by atoms with van der Waals surface area (Å²) in [7, 11) is 1.61. The first-order chi connectivity index (χ1) is 7.48. The summed E-state index contributed by atoms with van der Waals surface area (Å²) in [6, 6.07) is 3.91. The number of nitrogens with two attached hydrogens (primary N) is 1. The van der Waals surface area contributed by atoms with Crippen molar-refractivity contribution in [3.8, 4) is 5.75 Å². The molecule has 1 unspecified atom stereocenters. The van der Waals surface area contributed by atoms with E-state index in [1.54, 1.807) is 7.11 Å². The first-order valence-corrected chi connectivity index (χ1v) is 5.56. The number of ether oxygens (including phenoxy) is 1. The lowest BCUT2D eigenvalue weighted by Crippen LogP contribution is -2.34. The molecule has 0 fully saturated rings. The molecular weight excluding hydrogens is 202 g/mol. The van der Waals surface area contributed by atoms with Crippen LogP contribution in [0.3, 0.4) is 0 Å². The second-order valence-corrected chi connectivity index (χ2v) is 4.23. The minimum Gasteiger partial charge on any atom is -0.496 e. The minimum atomic E-state index is -0.996. The van der Waals surface area contributed by atoms with Crippen LogP contribution in [0.1, 0.15) is 30.0 Å². The van der Waals surface area contributed by atoms with Gasteiger partial charge >= 0.3 is 0 Å². The van der Waals surface area contributed by atoms with Gasteiger partial charge in [-0.05, 0) is 43.5 Å². The predicted octanol–water partition coefficient (Wildman–Crippen LogP) is 1.87. The Morgan fingerprint density at radius 3 is 2.31 bits per heavy atom. The van der Waals surface area contributed by atoms with Gasteiger partial charge in [0.15, 0.2) is 0 Å². The van der Waals surface area contributed by atoms with Crippen molar-refractivity contribution in [2.75, 3.05) is 13.7 Å². The molecule has 3 nitrogen and oxygen atoms in total. The molecule has 16 heavy (non-hydrogen) atoms. The van der Waals surface area contributed by atoms with E-state index in [1.165, 1.54) is 0 Å². The lowest BCUT2D eigenvalue weighted by Gasteiger charge is -2.28. The van der Waals surface area contributed by atoms with Crippen LogP contribution in [0.2, 0.25) is 0 Å². The van der Waals surface area contributed by atoms with Crippen LogP contribution >= 0.6 is 0 Å². The molecule has 0 amide bonds. The Kier molecular flexibility index (Phi) is 3.94. The topological polar surface area (TPSA) is 55.5 Å². The van der Waals surface area contributed by atoms with E-state index in [2.05, 4.69) is 0 Å². The van der Waals surface area contributed by atoms with Gasteiger partial charge in [-0.15, -0.1) is 0 Å². The Balaban J connectivity index is 3.36. The molecule has 0 bridgehead atoms. The van der Waals surface area contributed by atoms with Crippen molar-refractivity contribution < 1.29 is 9.84 Å². The number of hydrogen-bond acceptors (Lipinski definition) is 3. The van der Waals surface area contributed by atoms with Crippen molar-refractivity contribution >= 4 is 0 Å². The lowest BCUT2D eigenvalue weighted by molar-refractivity contribution is 0.0393. The smallest absolute Gasteiger partial charge is 0.125 e. The molecule has 3 heteroatoms. The highest BCUT2D eigenvalue weighted by molar-refractivity contribution is 5.45. The van der Waals surface area contributed by atoms with Gasteiger partial charge in [0.1, 0.15) is 11.4 Å². The Hall–Kier alpha value is -1.06. The first kappa shape index (κ1) is 13.0. The third-order valence-corrected chi connectivity index (χ3v) is 3.24. The Morgan fingerprint density at radius 1 is 1.31 bits per heavy atom. The number of aryl methyl sites for hydroxylation is 2. The van der Waals surface area contributed by atoms with Crippen molar-refractivity contribution in [2.24, 2.45) is 5.73 Å². The Labute approximate surface area is 97.2 Å². The second kappa shape index (κ2) is 4.85. The summed E-state index contributed by atoms with van der Waals surface area (Å²) in [6.07, 6.45) is 0.572. The molecule has 0 saturated carbocycles. The summed E-state index contributed by atoms with van der Waals surface area (Å²) in [6.45, 7) is 6.16. The van der Waals surface area contributed by atoms with E-state index in [4.69, 9.17) is 10.5 Å². The maximum Gasteiger partial charge on any atom is 0.125 e. The number of methoxy groups -OCH3 is 1. The number of rotatable bonds is 4. The third kappa shape index (κ3) is 2.20. The van der Waals surface area contributed by atoms with Crippen LogP contribution in [0.5, 0.6) is 5.75 Å². The van der Waals surface area contributed by atoms with Crippen molar-refractivity contribution in [1.82, 2.24) is 0 Å². The second-order valence-electron chi connectivity index (χ2n) is 4.23. The molecule has 1 aromatic carbocycles. The minimum absolute atomic E-state index is 0.197. The maximum atomic E-state index is 10.4. The van der Waals surface area contributed by atoms with E-state index in [0.717, 1.165) is 16.7 Å². The van der Waals surface area contributed by atoms with E-state index in [-0.39, 0.29) is 6.54 Å². The van der Waals surface area contributed by atoms with Gasteiger partial charge in [-0.25, -0.2) is 0 Å². The van der Waals surface area contributed by atoms with Crippen molar-refractivity contribution in [3.05, 3.63) is 28.8 Å². The molecule has 0 aliphatic rings. The fourth-order valence-corrected chi connectivity index (χ4v) is 1.77. The largest absolute Gasteiger partial charge is 0.496 e. The quantitative estimate of drug-likeness (QED) is 0.819. The standard InChI is InChI=1S/C13H21NO2/c1-5-13(15,8-14)11-6-9(2)10(3)7-12(11)16-4/h6-7,15H,5,8,14H2,1-4H3. The van der Waals surface area contributed by atoms with E-state index in [9.17, 15) is 5.11 Å². The van der Waals surface area contributed by atoms with Crippen LogP contribution in [0.15, 0.2) is 12.1 Å². The fraction of sp³-hybridized carbons (Fsp3) is 0.538. The van der Waals surface area contributed by atoms with Crippen molar-refractivity contribution in [1.29, 1.82) is 0 Å². The van der Waals surface area contributed by atoms with Gasteiger partial charge in [-0.3, -0.25) is 0 Å². The highest BCUT2D eigenvalue weighted by Crippen LogP contribution is 2.34. The van der Waals surface area contributed by atoms with Crippen LogP contribution < -0.4 is 10.5 Å². The Morgan fingerprint density at radius 2 is 1.88 bits per heavy atom. The van der Waals surface area contributed by atoms with Gasteiger partial charge in [0.2, 0.25) is 0 Å². The molecule has 0 aliphatic heterocycles. The zero-order valence-electron chi connectivity index (χ0n) is 10.5. The molecule has 1 atom stereocenters. The van der Waals surface area contributed by atoms with Gasteiger partial charge < -0.3 is 15.6 Å². The molecule has 1 aromatic rings. The summed E-state index contributed by atoms with van der Waals surface area (Å²) in [5.74, 6) is 0.706. The lowest BCUT2D eigenvalue weighted by atomic mass is 9.88. The number of hydrogen-bond donors (Lipinski definition) is 2. The van der Waals surface area contributed by atoms with Gasteiger partial charge in [-0.2, -0.15) is 0 Å². The zero-order chi connectivity index (χ0) is 12.3. The molecule has 0 aromatic heterocycles. The van der Waals surface area contributed by atoms with Crippen LogP contribution in [-0.2, 0) is 5.60 Å². The summed E-state index contributed by atoms with van der Waals surface area (Å²) < 4.78 is 5.32. The third-order valence-electron chi connectivity index (χ3n) is 3.24. The molecule has 90 valence electrons. The van der Waals surface area contributed by atoms with Crippen molar-refractivity contribution in [2.45, 2.75) is 32.8 Å². The fourth-order valence-electron chi connectivity index (χ4n) is 1.77. The highest BCUT2D eigenvalue weighted by atomic mass is 16.5. The molecular formula is C13H21NO2. The van der Waals surface area contributed by atoms with Gasteiger partial charge in [0.05, 0.1) is 7.11 Å². The van der Waals surface area contributed by atoms with E-state index < -0.39 is 5.60 Å². The molecule has 3 N–H and O–H groups in total. The summed E-state index contributed by atoms with van der Waals surface area (Å²) in [5, 5.41) is 10.4. The molecule has 0 heterocycles. The van der Waals surface area contributed by atoms with Gasteiger partial charge in [0, 0.05) is 12.1 Å². The molecule has 0 saturated heterocycles. The van der Waals surface area contributed by atoms with Crippen LogP contribution in [-0.4, -0.2) is 18.8 Å². The molecule has 0 spiro atoms. The average Bonchev–Trinajstić information content (AvgIpc) is 2.31. The van der Waals surface area contributed by atoms with Gasteiger partial charge in [0.25, 0.3) is 0 Å².